The van der Waals surface area contributed by atoms with Gasteiger partial charge in [-0.1, -0.05) is 26.0 Å². The molecule has 42 heavy (non-hydrogen) atoms. The smallest absolute Gasteiger partial charge is 0.329 e. The van der Waals surface area contributed by atoms with Crippen LogP contribution in [0.25, 0.3) is 0 Å². The van der Waals surface area contributed by atoms with Crippen molar-refractivity contribution in [2.75, 3.05) is 29.7 Å². The highest BCUT2D eigenvalue weighted by molar-refractivity contribution is 6.18. The van der Waals surface area contributed by atoms with E-state index in [9.17, 15) is 14.4 Å². The summed E-state index contributed by atoms with van der Waals surface area (Å²) in [7, 11) is 0. The van der Waals surface area contributed by atoms with Gasteiger partial charge in [0.1, 0.15) is 17.9 Å². The van der Waals surface area contributed by atoms with Crippen molar-refractivity contribution in [3.05, 3.63) is 29.8 Å². The molecule has 0 heterocycles. The molecule has 0 aromatic heterocycles. The standard InChI is InChI=1S/C34H48Cl2N2O4/c1-22(39)37-30(20-23-4-7-25(8-5-23)38(18-16-35)19-17-36)32(41)42-31-11-10-28-27-9-6-24-21-26(40)12-14-33(24,2)29(27)13-15-34(28,31)3/h4-5,7-8,24,27-31H,6,9-21H2,1-3H3,(H,37,39)/t24-,27+,28-,29+,30-,31-,33-,34-/m0/s1. The van der Waals surface area contributed by atoms with Crippen LogP contribution in [0.3, 0.4) is 0 Å². The monoisotopic (exact) mass is 618 g/mol. The zero-order valence-electron chi connectivity index (χ0n) is 25.5. The molecule has 0 bridgehead atoms. The molecule has 0 unspecified atom stereocenters. The Kier molecular flexibility index (Phi) is 9.83. The third kappa shape index (κ3) is 6.22. The number of rotatable bonds is 10. The normalized spacial score (nSPS) is 34.5. The van der Waals surface area contributed by atoms with Gasteiger partial charge in [0.15, 0.2) is 0 Å². The molecule has 0 radical (unpaired) electrons. The number of hydrogen-bond acceptors (Lipinski definition) is 5. The first-order valence-corrected chi connectivity index (χ1v) is 17.1. The summed E-state index contributed by atoms with van der Waals surface area (Å²) in [5.41, 5.74) is 2.21. The van der Waals surface area contributed by atoms with E-state index >= 15 is 0 Å². The van der Waals surface area contributed by atoms with Gasteiger partial charge < -0.3 is 15.0 Å². The topological polar surface area (TPSA) is 75.7 Å². The van der Waals surface area contributed by atoms with Crippen molar-refractivity contribution in [2.45, 2.75) is 97.1 Å². The molecule has 5 rings (SSSR count). The summed E-state index contributed by atoms with van der Waals surface area (Å²) in [6.07, 6.45) is 9.31. The molecule has 0 saturated heterocycles. The number of halogens is 2. The van der Waals surface area contributed by atoms with Crippen LogP contribution in [0.4, 0.5) is 5.69 Å². The van der Waals surface area contributed by atoms with Gasteiger partial charge >= 0.3 is 5.97 Å². The van der Waals surface area contributed by atoms with E-state index in [0.717, 1.165) is 62.6 Å². The maximum absolute atomic E-state index is 13.6. The number of hydrogen-bond donors (Lipinski definition) is 1. The molecule has 1 aromatic carbocycles. The maximum Gasteiger partial charge on any atom is 0.329 e. The molecule has 1 amide bonds. The average Bonchev–Trinajstić information content (AvgIpc) is 3.29. The molecule has 4 fully saturated rings. The van der Waals surface area contributed by atoms with Crippen molar-refractivity contribution in [3.8, 4) is 0 Å². The van der Waals surface area contributed by atoms with Crippen LogP contribution in [0.2, 0.25) is 0 Å². The first-order chi connectivity index (χ1) is 20.1. The number of nitrogens with zero attached hydrogens (tertiary/aromatic N) is 1. The summed E-state index contributed by atoms with van der Waals surface area (Å²) < 4.78 is 6.33. The summed E-state index contributed by atoms with van der Waals surface area (Å²) in [5.74, 6) is 3.29. The summed E-state index contributed by atoms with van der Waals surface area (Å²) >= 11 is 11.9. The number of ether oxygens (including phenoxy) is 1. The lowest BCUT2D eigenvalue weighted by molar-refractivity contribution is -0.167. The van der Waals surface area contributed by atoms with E-state index in [2.05, 4.69) is 24.1 Å². The number of alkyl halides is 2. The fourth-order valence-corrected chi connectivity index (χ4v) is 9.91. The Labute approximate surface area is 261 Å². The summed E-state index contributed by atoms with van der Waals surface area (Å²) in [5, 5.41) is 2.86. The van der Waals surface area contributed by atoms with Gasteiger partial charge in [-0.15, -0.1) is 23.2 Å². The molecule has 0 aliphatic heterocycles. The van der Waals surface area contributed by atoms with Gasteiger partial charge in [-0.2, -0.15) is 0 Å². The Bertz CT molecular complexity index is 1140. The lowest BCUT2D eigenvalue weighted by Gasteiger charge is -2.60. The van der Waals surface area contributed by atoms with Crippen molar-refractivity contribution in [3.63, 3.8) is 0 Å². The second-order valence-corrected chi connectivity index (χ2v) is 14.7. The highest BCUT2D eigenvalue weighted by Gasteiger charge is 2.61. The predicted octanol–water partition coefficient (Wildman–Crippen LogP) is 6.54. The van der Waals surface area contributed by atoms with Crippen molar-refractivity contribution < 1.29 is 19.1 Å². The molecule has 4 aliphatic rings. The quantitative estimate of drug-likeness (QED) is 0.238. The molecule has 1 aromatic rings. The molecule has 1 N–H and O–H groups in total. The van der Waals surface area contributed by atoms with Crippen molar-refractivity contribution in [1.29, 1.82) is 0 Å². The van der Waals surface area contributed by atoms with Gasteiger partial charge in [-0.25, -0.2) is 4.79 Å². The number of benzene rings is 1. The van der Waals surface area contributed by atoms with Gasteiger partial charge in [-0.05, 0) is 91.7 Å². The molecule has 4 aliphatic carbocycles. The van der Waals surface area contributed by atoms with Gasteiger partial charge in [0.2, 0.25) is 5.91 Å². The molecule has 4 saturated carbocycles. The number of nitrogens with one attached hydrogen (secondary N) is 1. The lowest BCUT2D eigenvalue weighted by atomic mass is 9.45. The second-order valence-electron chi connectivity index (χ2n) is 13.9. The molecule has 8 atom stereocenters. The molecular formula is C34H48Cl2N2O4. The van der Waals surface area contributed by atoms with Crippen LogP contribution >= 0.6 is 23.2 Å². The van der Waals surface area contributed by atoms with E-state index in [4.69, 9.17) is 27.9 Å². The van der Waals surface area contributed by atoms with Crippen LogP contribution in [-0.4, -0.2) is 54.7 Å². The summed E-state index contributed by atoms with van der Waals surface area (Å²) in [4.78, 5) is 40.1. The Morgan fingerprint density at radius 2 is 1.67 bits per heavy atom. The number of amides is 1. The molecule has 8 heteroatoms. The Morgan fingerprint density at radius 1 is 0.976 bits per heavy atom. The number of Topliss-reactive ketones (excluding diaryl/α,β-unsaturated/α-hetero) is 1. The Morgan fingerprint density at radius 3 is 2.33 bits per heavy atom. The van der Waals surface area contributed by atoms with Gasteiger partial charge in [-0.3, -0.25) is 9.59 Å². The van der Waals surface area contributed by atoms with Gasteiger partial charge in [0, 0.05) is 62.1 Å². The van der Waals surface area contributed by atoms with Crippen LogP contribution in [0.5, 0.6) is 0 Å². The number of anilines is 1. The number of fused-ring (bicyclic) bond motifs is 5. The minimum Gasteiger partial charge on any atom is -0.460 e. The molecule has 6 nitrogen and oxygen atoms in total. The van der Waals surface area contributed by atoms with E-state index in [1.54, 1.807) is 0 Å². The van der Waals surface area contributed by atoms with Gasteiger partial charge in [0.05, 0.1) is 0 Å². The van der Waals surface area contributed by atoms with E-state index in [1.807, 2.05) is 24.3 Å². The lowest BCUT2D eigenvalue weighted by Crippen LogP contribution is -2.54. The minimum atomic E-state index is -0.733. The van der Waals surface area contributed by atoms with E-state index in [0.29, 0.717) is 60.7 Å². The number of ketones is 1. The fourth-order valence-electron chi connectivity index (χ4n) is 9.50. The highest BCUT2D eigenvalue weighted by atomic mass is 35.5. The first kappa shape index (κ1) is 31.6. The van der Waals surface area contributed by atoms with Crippen molar-refractivity contribution in [2.24, 2.45) is 34.5 Å². The summed E-state index contributed by atoms with van der Waals surface area (Å²) in [6.45, 7) is 7.67. The van der Waals surface area contributed by atoms with Crippen LogP contribution in [0.1, 0.15) is 84.1 Å². The van der Waals surface area contributed by atoms with Gasteiger partial charge in [0.25, 0.3) is 0 Å². The molecular weight excluding hydrogens is 571 g/mol. The van der Waals surface area contributed by atoms with Crippen LogP contribution in [-0.2, 0) is 25.5 Å². The number of esters is 1. The zero-order chi connectivity index (χ0) is 30.1. The van der Waals surface area contributed by atoms with Crippen LogP contribution in [0, 0.1) is 34.5 Å². The number of carbonyl (C=O) groups excluding carboxylic acids is 3. The summed E-state index contributed by atoms with van der Waals surface area (Å²) in [6, 6.07) is 7.29. The van der Waals surface area contributed by atoms with E-state index < -0.39 is 6.04 Å². The van der Waals surface area contributed by atoms with Crippen LogP contribution < -0.4 is 10.2 Å². The highest BCUT2D eigenvalue weighted by Crippen LogP contribution is 2.66. The van der Waals surface area contributed by atoms with E-state index in [1.165, 1.54) is 13.3 Å². The Balaban J connectivity index is 1.26. The molecule has 0 spiro atoms. The average molecular weight is 620 g/mol. The first-order valence-electron chi connectivity index (χ1n) is 16.0. The largest absolute Gasteiger partial charge is 0.460 e. The minimum absolute atomic E-state index is 0.0404. The fraction of sp³-hybridized carbons (Fsp3) is 0.735. The van der Waals surface area contributed by atoms with Crippen molar-refractivity contribution >= 4 is 46.5 Å². The number of carbonyl (C=O) groups is 3. The molecule has 232 valence electrons. The predicted molar refractivity (Wildman–Crippen MR) is 168 cm³/mol. The maximum atomic E-state index is 13.6. The zero-order valence-corrected chi connectivity index (χ0v) is 27.0. The Hall–Kier alpha value is -1.79. The van der Waals surface area contributed by atoms with Crippen LogP contribution in [0.15, 0.2) is 24.3 Å². The SMILES string of the molecule is CC(=O)N[C@@H](Cc1ccc(N(CCCl)CCCl)cc1)C(=O)O[C@H]1CC[C@H]2[C@H]3CC[C@H]4CC(=O)CC[C@]4(C)[C@@H]3CC[C@]12C. The second kappa shape index (κ2) is 13.1. The third-order valence-corrected chi connectivity index (χ3v) is 12.1. The van der Waals surface area contributed by atoms with E-state index in [-0.39, 0.29) is 28.8 Å². The van der Waals surface area contributed by atoms with Crippen molar-refractivity contribution in [1.82, 2.24) is 5.32 Å². The third-order valence-electron chi connectivity index (χ3n) is 11.8.